The molecule has 0 saturated carbocycles. The van der Waals surface area contributed by atoms with E-state index in [0.29, 0.717) is 5.75 Å². The highest BCUT2D eigenvalue weighted by atomic mass is 32.2. The highest BCUT2D eigenvalue weighted by molar-refractivity contribution is 7.98. The molecule has 0 aliphatic carbocycles. The van der Waals surface area contributed by atoms with Crippen molar-refractivity contribution < 1.29 is 28.8 Å². The number of hydrogen-bond acceptors (Lipinski definition) is 9. The molecule has 4 atom stereocenters. The van der Waals surface area contributed by atoms with Gasteiger partial charge in [-0.05, 0) is 55.0 Å². The number of fused-ring (bicyclic) bond motifs is 1. The van der Waals surface area contributed by atoms with Crippen LogP contribution in [0.4, 0.5) is 5.69 Å². The van der Waals surface area contributed by atoms with Crippen LogP contribution in [-0.2, 0) is 30.4 Å². The Balaban J connectivity index is 1.67. The zero-order chi connectivity index (χ0) is 37.6. The Morgan fingerprint density at radius 2 is 1.50 bits per heavy atom. The van der Waals surface area contributed by atoms with Gasteiger partial charge in [0.25, 0.3) is 5.91 Å². The van der Waals surface area contributed by atoms with Crippen LogP contribution in [0.5, 0.6) is 0 Å². The lowest BCUT2D eigenvalue weighted by Gasteiger charge is -2.26. The van der Waals surface area contributed by atoms with Gasteiger partial charge in [-0.15, -0.1) is 0 Å². The third kappa shape index (κ3) is 11.1. The Labute approximate surface area is 304 Å². The molecule has 3 aromatic rings. The topological polar surface area (TPSA) is 281 Å². The van der Waals surface area contributed by atoms with Crippen molar-refractivity contribution in [3.8, 4) is 0 Å². The maximum Gasteiger partial charge on any atom is 0.253 e. The second-order valence-electron chi connectivity index (χ2n) is 12.1. The van der Waals surface area contributed by atoms with E-state index in [0.717, 1.165) is 16.5 Å². The van der Waals surface area contributed by atoms with E-state index >= 15 is 0 Å². The van der Waals surface area contributed by atoms with Crippen LogP contribution < -0.4 is 49.1 Å². The quantitative estimate of drug-likeness (QED) is 0.0449. The number of benzene rings is 2. The molecule has 1 aromatic heterocycles. The fourth-order valence-electron chi connectivity index (χ4n) is 5.56. The van der Waals surface area contributed by atoms with Gasteiger partial charge in [0.1, 0.15) is 24.2 Å². The van der Waals surface area contributed by atoms with Gasteiger partial charge in [-0.25, -0.2) is 0 Å². The molecule has 278 valence electrons. The molecule has 0 bridgehead atoms. The fraction of sp³-hybridized carbons (Fsp3) is 0.382. The summed E-state index contributed by atoms with van der Waals surface area (Å²) < 4.78 is 0. The lowest BCUT2D eigenvalue weighted by molar-refractivity contribution is -0.134. The number of amides is 6. The summed E-state index contributed by atoms with van der Waals surface area (Å²) in [5, 5.41) is 16.7. The molecule has 18 heteroatoms. The largest absolute Gasteiger partial charge is 0.398 e. The van der Waals surface area contributed by atoms with Crippen molar-refractivity contribution in [2.75, 3.05) is 37.4 Å². The number of nitrogens with two attached hydrogens (primary N) is 3. The monoisotopic (exact) mass is 735 g/mol. The minimum absolute atomic E-state index is 0.0414. The normalized spacial score (nSPS) is 20.3. The van der Waals surface area contributed by atoms with E-state index < -0.39 is 66.2 Å². The van der Waals surface area contributed by atoms with Crippen LogP contribution in [0.1, 0.15) is 35.2 Å². The Kier molecular flexibility index (Phi) is 14.3. The van der Waals surface area contributed by atoms with Crippen LogP contribution in [0.15, 0.2) is 59.7 Å². The molecule has 0 radical (unpaired) electrons. The first kappa shape index (κ1) is 39.0. The fourth-order valence-corrected chi connectivity index (χ4v) is 6.03. The smallest absolute Gasteiger partial charge is 0.253 e. The Morgan fingerprint density at radius 3 is 2.23 bits per heavy atom. The number of aliphatic imine (C=N–C) groups is 1. The first-order valence-corrected chi connectivity index (χ1v) is 18.1. The highest BCUT2D eigenvalue weighted by Crippen LogP contribution is 2.19. The predicted octanol–water partition coefficient (Wildman–Crippen LogP) is -1.40. The maximum atomic E-state index is 13.9. The number of H-pyrrole nitrogens is 1. The summed E-state index contributed by atoms with van der Waals surface area (Å²) in [6.07, 6.45) is 4.11. The Hall–Kier alpha value is -5.78. The third-order valence-electron chi connectivity index (χ3n) is 8.30. The number of thioether (sulfide) groups is 1. The molecule has 2 heterocycles. The number of nitrogens with zero attached hydrogens (tertiary/aromatic N) is 1. The molecule has 4 rings (SSSR count). The van der Waals surface area contributed by atoms with Gasteiger partial charge in [-0.2, -0.15) is 11.8 Å². The number of para-hydroxylation sites is 2. The van der Waals surface area contributed by atoms with Gasteiger partial charge in [0.15, 0.2) is 5.96 Å². The molecular weight excluding hydrogens is 691 g/mol. The van der Waals surface area contributed by atoms with E-state index in [2.05, 4.69) is 41.9 Å². The maximum absolute atomic E-state index is 13.9. The Morgan fingerprint density at radius 1 is 0.846 bits per heavy atom. The van der Waals surface area contributed by atoms with Crippen LogP contribution in [0.25, 0.3) is 10.9 Å². The minimum Gasteiger partial charge on any atom is -0.398 e. The van der Waals surface area contributed by atoms with Gasteiger partial charge in [0.2, 0.25) is 29.5 Å². The number of nitrogens with one attached hydrogen (secondary N) is 7. The number of guanidine groups is 1. The number of aromatic amines is 1. The van der Waals surface area contributed by atoms with Crippen molar-refractivity contribution in [1.82, 2.24) is 36.9 Å². The van der Waals surface area contributed by atoms with Crippen molar-refractivity contribution in [3.05, 3.63) is 65.9 Å². The van der Waals surface area contributed by atoms with Gasteiger partial charge in [-0.3, -0.25) is 33.8 Å². The summed E-state index contributed by atoms with van der Waals surface area (Å²) in [6, 6.07) is 8.91. The molecule has 0 spiro atoms. The number of nitrogen functional groups attached to an aromatic ring is 1. The highest BCUT2D eigenvalue weighted by Gasteiger charge is 2.33. The molecule has 52 heavy (non-hydrogen) atoms. The second kappa shape index (κ2) is 19.0. The summed E-state index contributed by atoms with van der Waals surface area (Å²) in [6.45, 7) is -0.737. The van der Waals surface area contributed by atoms with Crippen molar-refractivity contribution in [1.29, 1.82) is 0 Å². The zero-order valence-corrected chi connectivity index (χ0v) is 29.5. The molecule has 1 fully saturated rings. The van der Waals surface area contributed by atoms with E-state index in [1.54, 1.807) is 24.4 Å². The first-order valence-electron chi connectivity index (χ1n) is 16.7. The number of carbonyl (C=O) groups is 6. The van der Waals surface area contributed by atoms with Crippen molar-refractivity contribution >= 4 is 69.8 Å². The predicted molar refractivity (Wildman–Crippen MR) is 199 cm³/mol. The lowest BCUT2D eigenvalue weighted by atomic mass is 10.0. The van der Waals surface area contributed by atoms with Gasteiger partial charge in [0, 0.05) is 42.3 Å². The average Bonchev–Trinajstić information content (AvgIpc) is 3.53. The number of rotatable bonds is 12. The molecule has 1 saturated heterocycles. The minimum atomic E-state index is -1.39. The zero-order valence-electron chi connectivity index (χ0n) is 28.7. The van der Waals surface area contributed by atoms with Crippen LogP contribution in [-0.4, -0.2) is 102 Å². The molecule has 6 amide bonds. The summed E-state index contributed by atoms with van der Waals surface area (Å²) in [4.78, 5) is 88.2. The molecule has 17 nitrogen and oxygen atoms in total. The number of hydrogen-bond donors (Lipinski definition) is 10. The summed E-state index contributed by atoms with van der Waals surface area (Å²) in [5.41, 5.74) is 18.8. The molecule has 1 aliphatic rings. The van der Waals surface area contributed by atoms with Crippen molar-refractivity contribution in [2.45, 2.75) is 49.9 Å². The average molecular weight is 736 g/mol. The molecule has 1 aliphatic heterocycles. The van der Waals surface area contributed by atoms with Crippen molar-refractivity contribution in [3.63, 3.8) is 0 Å². The van der Waals surface area contributed by atoms with Crippen LogP contribution in [0.3, 0.4) is 0 Å². The van der Waals surface area contributed by atoms with E-state index in [1.807, 2.05) is 30.5 Å². The lowest BCUT2D eigenvalue weighted by Crippen LogP contribution is -2.60. The third-order valence-corrected chi connectivity index (χ3v) is 8.94. The van der Waals surface area contributed by atoms with Crippen molar-refractivity contribution in [2.24, 2.45) is 16.5 Å². The first-order chi connectivity index (χ1) is 25.0. The number of anilines is 1. The number of carbonyl (C=O) groups excluding carboxylic acids is 6. The van der Waals surface area contributed by atoms with Gasteiger partial charge >= 0.3 is 0 Å². The second-order valence-corrected chi connectivity index (χ2v) is 13.1. The van der Waals surface area contributed by atoms with Crippen LogP contribution in [0.2, 0.25) is 0 Å². The summed E-state index contributed by atoms with van der Waals surface area (Å²) >= 11 is 1.44. The molecule has 2 aromatic carbocycles. The SMILES string of the molecule is CSCC[C@H]1NC(=O)[C@H](CNC(=O)c2ccccc2N)NC(=O)[C@H](CCCN=C(N)N)NC(=O)[C@H](Cc2c[nH]c3ccccc23)NC(=O)CNC1=O. The number of aromatic nitrogens is 1. The van der Waals surface area contributed by atoms with E-state index in [-0.39, 0.29) is 56.0 Å². The standard InChI is InChI=1S/C34H45N11O6S/c1-52-14-12-25-30(48)41-18-28(46)42-26(15-19-16-39-23-10-5-3-7-20(19)23)32(50)43-24(11-6-13-38-34(36)37)31(49)45-27(33(51)44-25)17-40-29(47)21-8-2-4-9-22(21)35/h2-5,7-10,16,24-27,39H,6,11-15,17-18,35H2,1H3,(H,40,47)(H,41,48)(H,42,46)(H,43,50)(H,44,51)(H,45,49)(H4,36,37,38)/t24-,25+,26-,27-/m0/s1. The van der Waals surface area contributed by atoms with Gasteiger partial charge in [-0.1, -0.05) is 30.3 Å². The molecule has 13 N–H and O–H groups in total. The van der Waals surface area contributed by atoms with Crippen LogP contribution in [0, 0.1) is 0 Å². The van der Waals surface area contributed by atoms with E-state index in [9.17, 15) is 28.8 Å². The van der Waals surface area contributed by atoms with E-state index in [1.165, 1.54) is 17.8 Å². The van der Waals surface area contributed by atoms with E-state index in [4.69, 9.17) is 17.2 Å². The molecule has 0 unspecified atom stereocenters. The van der Waals surface area contributed by atoms with Gasteiger partial charge in [0.05, 0.1) is 12.1 Å². The summed E-state index contributed by atoms with van der Waals surface area (Å²) in [5.74, 6) is -3.80. The Bertz CT molecular complexity index is 1790. The van der Waals surface area contributed by atoms with Gasteiger partial charge < -0.3 is 54.1 Å². The van der Waals surface area contributed by atoms with Crippen LogP contribution >= 0.6 is 11.8 Å². The molecular formula is C34H45N11O6S. The summed E-state index contributed by atoms with van der Waals surface area (Å²) in [7, 11) is 0.